The van der Waals surface area contributed by atoms with E-state index in [0.717, 1.165) is 116 Å². The van der Waals surface area contributed by atoms with Crippen LogP contribution in [0.25, 0.3) is 144 Å². The van der Waals surface area contributed by atoms with Gasteiger partial charge in [0.25, 0.3) is 0 Å². The first kappa shape index (κ1) is 65.8. The Kier molecular flexibility index (Phi) is 18.1. The number of aryl methyl sites for hydroxylation is 6. The number of aromatic nitrogens is 4. The van der Waals surface area contributed by atoms with Gasteiger partial charge in [-0.2, -0.15) is 82.9 Å². The molecule has 2 aliphatic rings. The van der Waals surface area contributed by atoms with E-state index in [2.05, 4.69) is 125 Å². The first-order chi connectivity index (χ1) is 85.0. The van der Waals surface area contributed by atoms with E-state index in [1.54, 1.807) is 94.9 Å². The van der Waals surface area contributed by atoms with Crippen LogP contribution >= 0.6 is 0 Å². The Balaban J connectivity index is 0.000000202. The van der Waals surface area contributed by atoms with Crippen molar-refractivity contribution in [1.29, 1.82) is 0 Å². The van der Waals surface area contributed by atoms with E-state index in [-0.39, 0.29) is 109 Å². The number of hydrogen-bond acceptors (Lipinski definition) is 6. The average Bonchev–Trinajstić information content (AvgIpc) is 1.42. The second kappa shape index (κ2) is 40.7. The summed E-state index contributed by atoms with van der Waals surface area (Å²) >= 11 is 0. The van der Waals surface area contributed by atoms with Crippen LogP contribution in [-0.4, -0.2) is 19.1 Å². The molecule has 24 rings (SSSR count). The quantitative estimate of drug-likeness (QED) is 0.0798. The average molecular weight is 2310 g/mol. The zero-order chi connectivity index (χ0) is 130. The monoisotopic (exact) mass is 2310 g/mol. The molecule has 0 fully saturated rings. The second-order valence-electron chi connectivity index (χ2n) is 38.8. The van der Waals surface area contributed by atoms with Crippen molar-refractivity contribution in [2.45, 2.75) is 121 Å². The molecule has 0 unspecified atom stereocenters. The summed E-state index contributed by atoms with van der Waals surface area (Å²) in [7, 11) is 0. The third-order valence-electron chi connectivity index (χ3n) is 27.0. The van der Waals surface area contributed by atoms with Crippen LogP contribution in [0.15, 0.2) is 400 Å². The van der Waals surface area contributed by atoms with Crippen LogP contribution in [0.3, 0.4) is 0 Å². The molecule has 10 heteroatoms. The second-order valence-corrected chi connectivity index (χ2v) is 38.8. The van der Waals surface area contributed by atoms with E-state index in [1.165, 1.54) is 18.7 Å². The van der Waals surface area contributed by atoms with Crippen molar-refractivity contribution in [2.75, 3.05) is 19.6 Å². The molecule has 0 spiro atoms. The molecule has 22 aromatic rings. The number of pyridine rings is 2. The normalized spacial score (nSPS) is 15.7. The van der Waals surface area contributed by atoms with Crippen molar-refractivity contribution in [3.05, 3.63) is 515 Å². The Hall–Kier alpha value is -15.6. The van der Waals surface area contributed by atoms with Gasteiger partial charge in [0.2, 0.25) is 0 Å². The summed E-state index contributed by atoms with van der Waals surface area (Å²) in [5.74, 6) is 1.38. The molecule has 0 radical (unpaired) electrons. The Morgan fingerprint density at radius 3 is 1.07 bits per heavy atom. The number of para-hydroxylation sites is 6. The molecule has 4 aromatic heterocycles. The van der Waals surface area contributed by atoms with Gasteiger partial charge in [-0.3, -0.25) is 0 Å². The molecule has 6 heterocycles. The number of benzene rings is 18. The smallest absolute Gasteiger partial charge is 0.135 e. The number of nitrogens with zero attached hydrogens (tertiary/aromatic N) is 8. The first-order valence-electron chi connectivity index (χ1n) is 65.0. The van der Waals surface area contributed by atoms with Gasteiger partial charge in [0.05, 0.1) is 43.9 Å². The van der Waals surface area contributed by atoms with Crippen LogP contribution in [0.1, 0.15) is 166 Å². The number of fused-ring (bicyclic) bond motifs is 8. The van der Waals surface area contributed by atoms with Gasteiger partial charge in [0.1, 0.15) is 11.6 Å². The van der Waals surface area contributed by atoms with Crippen molar-refractivity contribution in [3.63, 3.8) is 0 Å². The molecule has 2 aliphatic heterocycles. The predicted molar refractivity (Wildman–Crippen MR) is 613 cm³/mol. The minimum absolute atomic E-state index is 0. The van der Waals surface area contributed by atoms with E-state index in [4.69, 9.17) is 37.4 Å². The van der Waals surface area contributed by atoms with Gasteiger partial charge in [-0.15, -0.1) is 58.7 Å². The van der Waals surface area contributed by atoms with Gasteiger partial charge in [-0.1, -0.05) is 330 Å². The fraction of sp³-hybridized carbons (Fsp3) is 0.130. The molecule has 8 nitrogen and oxygen atoms in total. The Bertz CT molecular complexity index is 10700. The summed E-state index contributed by atoms with van der Waals surface area (Å²) < 4.78 is 317. The molecule has 0 atom stereocenters. The summed E-state index contributed by atoms with van der Waals surface area (Å²) in [5.41, 5.74) is 12.9. The molecule has 0 bridgehead atoms. The summed E-state index contributed by atoms with van der Waals surface area (Å²) in [4.78, 5) is 16.4. The van der Waals surface area contributed by atoms with Crippen LogP contribution in [-0.2, 0) is 65.8 Å². The van der Waals surface area contributed by atoms with Crippen molar-refractivity contribution in [3.8, 4) is 101 Å². The maximum Gasteiger partial charge on any atom is 0.135 e. The van der Waals surface area contributed by atoms with Crippen LogP contribution in [0.5, 0.6) is 0 Å². The van der Waals surface area contributed by atoms with Gasteiger partial charge in [-0.05, 0) is 263 Å². The molecular formula is C138H114N8Pt2-6. The van der Waals surface area contributed by atoms with Crippen LogP contribution in [0.4, 0.5) is 45.5 Å². The molecular weight excluding hydrogens is 2160 g/mol. The van der Waals surface area contributed by atoms with Gasteiger partial charge in [0.15, 0.2) is 0 Å². The minimum atomic E-state index is -2.33. The van der Waals surface area contributed by atoms with Crippen molar-refractivity contribution in [2.24, 2.45) is 0 Å². The third kappa shape index (κ3) is 18.6. The summed E-state index contributed by atoms with van der Waals surface area (Å²) in [6.07, 6.45) is 1.60. The minimum Gasteiger partial charge on any atom is -0.493 e. The molecule has 0 saturated carbocycles. The SMILES string of the molecule is [2H]c1c([2H])c([2H])c(-c2c(C)c(-c3c([2H])c([2H])c([2H])c([2H])c3[2H])c(N3[CH-]N(c4[c-]c(C([2H])([2H])c5[c-]c6c(cc5)c5ccccc5n6-c5cc(C(C)(C)C)ccn5)cc(-c5c(C)cc(C)cc5C)c4)c4ccccc43)c(-c3c([2H])c([2H])c([2H])c([2H])c3[2H])c2C)c([2H])c1[2H].[2H]c1c([2H])c([2H])c(-c2c([2H])c(-c3c([2H])c([2H])c([2H])c([2H])c3[2H])c(N3[CH-]N(c4[c-]c(Cc5[c-]c6c(cc5)c5ccccc5n6-c5cc(C(C)(C)C)ccn5)cc(-c5c(C)cc(C)cc5C)c4)c4ccccc43)c(-c3c([2H])c([2H])c([2H])c([2H])c3[2H])c2[2H])c([2H])c1[2H].[Pt].[Pt]. The van der Waals surface area contributed by atoms with E-state index >= 15 is 0 Å². The number of hydrogen-bond donors (Lipinski definition) is 0. The molecule has 18 aromatic carbocycles. The predicted octanol–water partition coefficient (Wildman–Crippen LogP) is 36.0. The first-order valence-corrected chi connectivity index (χ1v) is 48.0. The third-order valence-corrected chi connectivity index (χ3v) is 27.0. The zero-order valence-electron chi connectivity index (χ0n) is 117. The summed E-state index contributed by atoms with van der Waals surface area (Å²) in [6, 6.07) is 52.0. The Morgan fingerprint density at radius 2 is 0.655 bits per heavy atom. The van der Waals surface area contributed by atoms with Gasteiger partial charge >= 0.3 is 0 Å². The van der Waals surface area contributed by atoms with E-state index in [9.17, 15) is 19.2 Å². The topological polar surface area (TPSA) is 48.6 Å². The number of anilines is 8. The molecule has 732 valence electrons. The molecule has 0 amide bonds. The fourth-order valence-corrected chi connectivity index (χ4v) is 20.7. The van der Waals surface area contributed by atoms with Gasteiger partial charge < -0.3 is 28.7 Å². The standard InChI is InChI=1S/C70H59N4.C68H55N4.2Pt/c1-45-36-46(2)65(47(3)37-45)55-39-51(38-50-32-33-59-58-28-18-19-29-60(58)74(63(59)41-50)64-43-56(34-35-71-64)70(6,7)8)40-57(42-55)72-44-73(62-31-21-20-30-61(62)72)69-67(53-24-14-10-15-25-53)48(4)66(52-22-12-9-13-23-52)49(5)68(69)54-26-16-11-17-27-54;1-45-34-46(2)66(47(3)35-45)54-37-49(36-48-30-31-58-57-26-16-17-27-61(57)72(64(58)39-48)65-43-55(32-33-69-65)68(4,5)6)38-56(40-54)70-44-71(63-29-19-18-28-62(63)70)67-59(51-22-12-8-13-23-51)41-53(50-20-10-7-11-21-50)42-60(67)52-24-14-9-15-25-52;;/h9-37,39,42-44H,38H2,1-8H3;7-35,37,40-44H,36H2,1-6H3;;/q2*-3;;/i9D,10D,11D,12D,13D,14D,15D,16D,17D,22D,23D,24D,25D,26D,27D,38D2;7D,8D,9D,10D,11D,12D,13D,14D,15D,20D,21D,22D,23D,24D,25D,41D,42D;;. The van der Waals surface area contributed by atoms with Crippen molar-refractivity contribution < 1.29 is 88.7 Å². The Labute approximate surface area is 947 Å². The zero-order valence-corrected chi connectivity index (χ0v) is 87.7. The largest absolute Gasteiger partial charge is 0.493 e. The number of rotatable bonds is 18. The summed E-state index contributed by atoms with van der Waals surface area (Å²) in [5, 5.41) is 3.78. The van der Waals surface area contributed by atoms with E-state index in [1.807, 2.05) is 131 Å². The Morgan fingerprint density at radius 1 is 0.304 bits per heavy atom. The van der Waals surface area contributed by atoms with E-state index in [0.29, 0.717) is 57.4 Å². The van der Waals surface area contributed by atoms with E-state index < -0.39 is 244 Å². The van der Waals surface area contributed by atoms with Crippen LogP contribution in [0, 0.1) is 93.0 Å². The maximum absolute atomic E-state index is 10.3. The molecule has 0 N–H and O–H groups in total. The maximum atomic E-state index is 10.3. The fourth-order valence-electron chi connectivity index (χ4n) is 20.7. The van der Waals surface area contributed by atoms with Crippen molar-refractivity contribution >= 4 is 89.1 Å². The van der Waals surface area contributed by atoms with Crippen LogP contribution in [0.2, 0.25) is 0 Å². The van der Waals surface area contributed by atoms with Crippen molar-refractivity contribution in [1.82, 2.24) is 19.1 Å². The molecule has 0 saturated heterocycles. The van der Waals surface area contributed by atoms with Gasteiger partial charge in [0, 0.05) is 125 Å². The van der Waals surface area contributed by atoms with Gasteiger partial charge in [-0.25, -0.2) is 9.97 Å². The molecule has 148 heavy (non-hydrogen) atoms. The van der Waals surface area contributed by atoms with Crippen LogP contribution < -0.4 is 19.6 Å². The summed E-state index contributed by atoms with van der Waals surface area (Å²) in [6.45, 7) is 31.2. The molecule has 0 aliphatic carbocycles.